The lowest BCUT2D eigenvalue weighted by Crippen LogP contribution is -2.45. The molecule has 1 saturated carbocycles. The van der Waals surface area contributed by atoms with E-state index in [4.69, 9.17) is 4.99 Å². The van der Waals surface area contributed by atoms with Crippen LogP contribution in [0, 0.1) is 0 Å². The summed E-state index contributed by atoms with van der Waals surface area (Å²) in [5, 5.41) is 6.16. The lowest BCUT2D eigenvalue weighted by Gasteiger charge is -2.29. The number of benzene rings is 1. The molecule has 0 saturated heterocycles. The number of amidine groups is 2. The Hall–Kier alpha value is -2.68. The molecule has 0 unspecified atom stereocenters. The largest absolute Gasteiger partial charge is 0.356 e. The molecule has 1 aromatic rings. The van der Waals surface area contributed by atoms with Gasteiger partial charge in [-0.2, -0.15) is 0 Å². The second-order valence-electron chi connectivity index (χ2n) is 9.32. The van der Waals surface area contributed by atoms with Crippen LogP contribution >= 0.6 is 11.8 Å². The Kier molecular flexibility index (Phi) is 8.59. The van der Waals surface area contributed by atoms with E-state index < -0.39 is 6.04 Å². The maximum atomic E-state index is 13.4. The molecule has 1 fully saturated rings. The minimum absolute atomic E-state index is 0.00202. The van der Waals surface area contributed by atoms with E-state index >= 15 is 0 Å². The van der Waals surface area contributed by atoms with E-state index in [0.29, 0.717) is 29.7 Å². The summed E-state index contributed by atoms with van der Waals surface area (Å²) in [5.41, 5.74) is 1.48. The SMILES string of the molecule is CCCCNC(=O)C[C@@H]1N=C2c3ccccc3N=C(S[C@@H](CC)C(=O)NC3CCCCC3)N2C1=O. The van der Waals surface area contributed by atoms with Crippen molar-refractivity contribution in [3.63, 3.8) is 0 Å². The van der Waals surface area contributed by atoms with Crippen LogP contribution in [0.1, 0.15) is 77.2 Å². The van der Waals surface area contributed by atoms with Gasteiger partial charge in [0.25, 0.3) is 5.91 Å². The molecule has 0 bridgehead atoms. The molecule has 3 amide bonds. The number of unbranched alkanes of at least 4 members (excludes halogenated alkanes) is 1. The third-order valence-electron chi connectivity index (χ3n) is 6.64. The number of hydrogen-bond donors (Lipinski definition) is 2. The number of amides is 3. The number of fused-ring (bicyclic) bond motifs is 3. The van der Waals surface area contributed by atoms with Gasteiger partial charge in [0.15, 0.2) is 5.17 Å². The van der Waals surface area contributed by atoms with E-state index in [1.807, 2.05) is 31.2 Å². The molecule has 0 aromatic heterocycles. The maximum Gasteiger partial charge on any atom is 0.259 e. The standard InChI is InChI=1S/C26H35N5O3S/c1-3-5-15-27-22(32)16-20-25(34)31-23(29-20)18-13-9-10-14-19(18)30-26(31)35-21(4-2)24(33)28-17-11-7-6-8-12-17/h9-10,13-14,17,20-21H,3-8,11-12,15-16H2,1-2H3,(H,27,32)(H,28,33)/t20-,21-/m0/s1. The van der Waals surface area contributed by atoms with E-state index in [2.05, 4.69) is 22.5 Å². The fourth-order valence-corrected chi connectivity index (χ4v) is 5.69. The van der Waals surface area contributed by atoms with Gasteiger partial charge in [-0.15, -0.1) is 0 Å². The molecule has 2 atom stereocenters. The molecule has 4 rings (SSSR count). The Labute approximate surface area is 211 Å². The van der Waals surface area contributed by atoms with Crippen molar-refractivity contribution in [3.05, 3.63) is 29.8 Å². The average molecular weight is 498 g/mol. The Balaban J connectivity index is 1.52. The molecule has 3 aliphatic rings. The van der Waals surface area contributed by atoms with Gasteiger partial charge in [0.05, 0.1) is 17.4 Å². The van der Waals surface area contributed by atoms with Gasteiger partial charge in [-0.05, 0) is 37.8 Å². The van der Waals surface area contributed by atoms with Crippen LogP contribution < -0.4 is 10.6 Å². The van der Waals surface area contributed by atoms with Gasteiger partial charge in [-0.1, -0.05) is 63.4 Å². The van der Waals surface area contributed by atoms with Crippen LogP contribution in [-0.4, -0.2) is 57.5 Å². The van der Waals surface area contributed by atoms with E-state index in [-0.39, 0.29) is 35.4 Å². The number of aliphatic imine (C=N–C) groups is 2. The monoisotopic (exact) mass is 497 g/mol. The molecule has 2 N–H and O–H groups in total. The fraction of sp³-hybridized carbons (Fsp3) is 0.577. The van der Waals surface area contributed by atoms with Crippen LogP contribution in [0.5, 0.6) is 0 Å². The van der Waals surface area contributed by atoms with Gasteiger partial charge >= 0.3 is 0 Å². The van der Waals surface area contributed by atoms with Crippen molar-refractivity contribution in [2.24, 2.45) is 9.98 Å². The van der Waals surface area contributed by atoms with E-state index in [1.54, 1.807) is 0 Å². The second-order valence-corrected chi connectivity index (χ2v) is 10.5. The number of nitrogens with one attached hydrogen (secondary N) is 2. The molecule has 0 spiro atoms. The van der Waals surface area contributed by atoms with Crippen molar-refractivity contribution in [1.29, 1.82) is 0 Å². The number of rotatable bonds is 9. The van der Waals surface area contributed by atoms with Crippen molar-refractivity contribution in [1.82, 2.24) is 15.5 Å². The normalized spacial score (nSPS) is 20.5. The Morgan fingerprint density at radius 3 is 2.69 bits per heavy atom. The van der Waals surface area contributed by atoms with Crippen LogP contribution in [0.3, 0.4) is 0 Å². The number of carbonyl (C=O) groups excluding carboxylic acids is 3. The quantitative estimate of drug-likeness (QED) is 0.505. The van der Waals surface area contributed by atoms with Gasteiger partial charge in [0.1, 0.15) is 11.9 Å². The van der Waals surface area contributed by atoms with Gasteiger partial charge in [-0.25, -0.2) is 9.89 Å². The minimum Gasteiger partial charge on any atom is -0.356 e. The molecular formula is C26H35N5O3S. The molecule has 0 radical (unpaired) electrons. The van der Waals surface area contributed by atoms with Crippen molar-refractivity contribution in [2.75, 3.05) is 6.54 Å². The average Bonchev–Trinajstić information content (AvgIpc) is 3.19. The number of nitrogens with zero attached hydrogens (tertiary/aromatic N) is 3. The van der Waals surface area contributed by atoms with Crippen molar-refractivity contribution < 1.29 is 14.4 Å². The van der Waals surface area contributed by atoms with Crippen LogP contribution in [0.4, 0.5) is 5.69 Å². The first-order chi connectivity index (χ1) is 17.0. The Morgan fingerprint density at radius 2 is 1.94 bits per heavy atom. The van der Waals surface area contributed by atoms with Crippen LogP contribution in [0.25, 0.3) is 0 Å². The smallest absolute Gasteiger partial charge is 0.259 e. The summed E-state index contributed by atoms with van der Waals surface area (Å²) in [7, 11) is 0. The topological polar surface area (TPSA) is 103 Å². The summed E-state index contributed by atoms with van der Waals surface area (Å²) < 4.78 is 0. The lowest BCUT2D eigenvalue weighted by molar-refractivity contribution is -0.128. The molecule has 1 aromatic carbocycles. The zero-order valence-electron chi connectivity index (χ0n) is 20.6. The fourth-order valence-electron chi connectivity index (χ4n) is 4.66. The van der Waals surface area contributed by atoms with E-state index in [9.17, 15) is 14.4 Å². The molecule has 1 aliphatic carbocycles. The molecular weight excluding hydrogens is 462 g/mol. The number of para-hydroxylation sites is 1. The van der Waals surface area contributed by atoms with Gasteiger partial charge in [0.2, 0.25) is 11.8 Å². The van der Waals surface area contributed by atoms with E-state index in [1.165, 1.54) is 23.1 Å². The van der Waals surface area contributed by atoms with Crippen LogP contribution in [0.15, 0.2) is 34.3 Å². The number of hydrogen-bond acceptors (Lipinski definition) is 6. The molecule has 35 heavy (non-hydrogen) atoms. The molecule has 2 aliphatic heterocycles. The zero-order chi connectivity index (χ0) is 24.8. The predicted molar refractivity (Wildman–Crippen MR) is 140 cm³/mol. The first-order valence-electron chi connectivity index (χ1n) is 12.8. The summed E-state index contributed by atoms with van der Waals surface area (Å²) in [4.78, 5) is 49.9. The molecule has 2 heterocycles. The van der Waals surface area contributed by atoms with Crippen LogP contribution in [-0.2, 0) is 14.4 Å². The van der Waals surface area contributed by atoms with Crippen molar-refractivity contribution in [2.45, 2.75) is 89.0 Å². The third kappa shape index (κ3) is 5.94. The summed E-state index contributed by atoms with van der Waals surface area (Å²) in [6.07, 6.45) is 8.05. The highest BCUT2D eigenvalue weighted by Crippen LogP contribution is 2.35. The minimum atomic E-state index is -0.792. The summed E-state index contributed by atoms with van der Waals surface area (Å²) in [5.74, 6) is 0.0487. The third-order valence-corrected chi connectivity index (χ3v) is 7.96. The first-order valence-corrected chi connectivity index (χ1v) is 13.7. The first kappa shape index (κ1) is 25.4. The highest BCUT2D eigenvalue weighted by atomic mass is 32.2. The van der Waals surface area contributed by atoms with Crippen LogP contribution in [0.2, 0.25) is 0 Å². The molecule has 188 valence electrons. The lowest BCUT2D eigenvalue weighted by atomic mass is 9.95. The summed E-state index contributed by atoms with van der Waals surface area (Å²) >= 11 is 1.31. The molecule has 9 heteroatoms. The summed E-state index contributed by atoms with van der Waals surface area (Å²) in [6.45, 7) is 4.63. The highest BCUT2D eigenvalue weighted by Gasteiger charge is 2.43. The number of carbonyl (C=O) groups is 3. The number of thioether (sulfide) groups is 1. The Bertz CT molecular complexity index is 1020. The zero-order valence-corrected chi connectivity index (χ0v) is 21.4. The summed E-state index contributed by atoms with van der Waals surface area (Å²) in [6, 6.07) is 6.98. The second kappa shape index (κ2) is 11.8. The van der Waals surface area contributed by atoms with Crippen molar-refractivity contribution in [3.8, 4) is 0 Å². The van der Waals surface area contributed by atoms with Gasteiger partial charge in [-0.3, -0.25) is 19.4 Å². The molecule has 8 nitrogen and oxygen atoms in total. The van der Waals surface area contributed by atoms with Gasteiger partial charge in [0, 0.05) is 18.2 Å². The van der Waals surface area contributed by atoms with E-state index in [0.717, 1.165) is 44.1 Å². The predicted octanol–water partition coefficient (Wildman–Crippen LogP) is 3.91. The highest BCUT2D eigenvalue weighted by molar-refractivity contribution is 8.15. The van der Waals surface area contributed by atoms with Crippen molar-refractivity contribution >= 4 is 46.2 Å². The maximum absolute atomic E-state index is 13.4. The van der Waals surface area contributed by atoms with Gasteiger partial charge < -0.3 is 10.6 Å². The Morgan fingerprint density at radius 1 is 1.17 bits per heavy atom.